The lowest BCUT2D eigenvalue weighted by Crippen LogP contribution is -2.14. The molecule has 1 aliphatic carbocycles. The molecule has 1 aliphatic rings. The fourth-order valence-corrected chi connectivity index (χ4v) is 3.01. The van der Waals surface area contributed by atoms with Crippen LogP contribution in [0.3, 0.4) is 0 Å². The van der Waals surface area contributed by atoms with Gasteiger partial charge in [0.25, 0.3) is 0 Å². The largest absolute Gasteiger partial charge is 0.491 e. The molecular weight excluding hydrogens is 258 g/mol. The molecule has 2 N–H and O–H groups in total. The van der Waals surface area contributed by atoms with E-state index in [-0.39, 0.29) is 12.1 Å². The molecule has 0 aromatic heterocycles. The molecule has 2 aromatic rings. The van der Waals surface area contributed by atoms with Gasteiger partial charge >= 0.3 is 0 Å². The van der Waals surface area contributed by atoms with Crippen LogP contribution < -0.4 is 10.5 Å². The van der Waals surface area contributed by atoms with Crippen molar-refractivity contribution in [1.29, 1.82) is 0 Å². The lowest BCUT2D eigenvalue weighted by Gasteiger charge is -2.15. The molecule has 2 heteroatoms. The summed E-state index contributed by atoms with van der Waals surface area (Å²) in [5, 5.41) is 0. The van der Waals surface area contributed by atoms with Crippen LogP contribution in [0.25, 0.3) is 0 Å². The summed E-state index contributed by atoms with van der Waals surface area (Å²) in [7, 11) is 0. The van der Waals surface area contributed by atoms with Crippen molar-refractivity contribution in [1.82, 2.24) is 0 Å². The normalized spacial score (nSPS) is 22.1. The van der Waals surface area contributed by atoms with Gasteiger partial charge in [0.15, 0.2) is 0 Å². The second kappa shape index (κ2) is 5.90. The van der Waals surface area contributed by atoms with Crippen molar-refractivity contribution in [3.05, 3.63) is 65.7 Å². The minimum Gasteiger partial charge on any atom is -0.491 e. The van der Waals surface area contributed by atoms with E-state index in [2.05, 4.69) is 42.5 Å². The SMILES string of the molecule is CC(C)Oc1cccc(C(N)C2CC2c2ccccc2)c1. The van der Waals surface area contributed by atoms with Crippen LogP contribution in [-0.2, 0) is 0 Å². The predicted molar refractivity (Wildman–Crippen MR) is 86.4 cm³/mol. The molecule has 0 heterocycles. The van der Waals surface area contributed by atoms with Crippen LogP contribution in [0.2, 0.25) is 0 Å². The second-order valence-electron chi connectivity index (χ2n) is 6.18. The summed E-state index contributed by atoms with van der Waals surface area (Å²) < 4.78 is 5.76. The van der Waals surface area contributed by atoms with Gasteiger partial charge in [-0.2, -0.15) is 0 Å². The molecule has 2 nitrogen and oxygen atoms in total. The molecule has 21 heavy (non-hydrogen) atoms. The van der Waals surface area contributed by atoms with Crippen molar-refractivity contribution in [2.24, 2.45) is 11.7 Å². The van der Waals surface area contributed by atoms with Crippen LogP contribution in [0.5, 0.6) is 5.75 Å². The van der Waals surface area contributed by atoms with Gasteiger partial charge in [0.2, 0.25) is 0 Å². The van der Waals surface area contributed by atoms with E-state index in [4.69, 9.17) is 10.5 Å². The summed E-state index contributed by atoms with van der Waals surface area (Å²) in [6.07, 6.45) is 1.37. The van der Waals surface area contributed by atoms with Crippen LogP contribution in [0, 0.1) is 5.92 Å². The Labute approximate surface area is 126 Å². The van der Waals surface area contributed by atoms with E-state index >= 15 is 0 Å². The summed E-state index contributed by atoms with van der Waals surface area (Å²) in [5.74, 6) is 2.06. The Bertz CT molecular complexity index is 594. The number of ether oxygens (including phenoxy) is 1. The van der Waals surface area contributed by atoms with Crippen LogP contribution in [-0.4, -0.2) is 6.10 Å². The summed E-state index contributed by atoms with van der Waals surface area (Å²) in [6.45, 7) is 4.08. The van der Waals surface area contributed by atoms with Crippen molar-refractivity contribution in [2.45, 2.75) is 38.3 Å². The molecule has 0 saturated heterocycles. The number of nitrogens with two attached hydrogens (primary N) is 1. The third kappa shape index (κ3) is 3.27. The quantitative estimate of drug-likeness (QED) is 0.888. The van der Waals surface area contributed by atoms with Crippen LogP contribution in [0.15, 0.2) is 54.6 Å². The van der Waals surface area contributed by atoms with Gasteiger partial charge in [0.05, 0.1) is 6.10 Å². The van der Waals surface area contributed by atoms with E-state index < -0.39 is 0 Å². The highest BCUT2D eigenvalue weighted by molar-refractivity contribution is 5.34. The van der Waals surface area contributed by atoms with Gasteiger partial charge in [-0.15, -0.1) is 0 Å². The Hall–Kier alpha value is -1.80. The van der Waals surface area contributed by atoms with Crippen LogP contribution in [0.1, 0.15) is 43.4 Å². The molecule has 110 valence electrons. The summed E-state index contributed by atoms with van der Waals surface area (Å²) in [4.78, 5) is 0. The molecule has 3 rings (SSSR count). The van der Waals surface area contributed by atoms with Gasteiger partial charge < -0.3 is 10.5 Å². The number of hydrogen-bond donors (Lipinski definition) is 1. The highest BCUT2D eigenvalue weighted by atomic mass is 16.5. The highest BCUT2D eigenvalue weighted by Gasteiger charge is 2.42. The number of hydrogen-bond acceptors (Lipinski definition) is 2. The first-order chi connectivity index (χ1) is 10.1. The summed E-state index contributed by atoms with van der Waals surface area (Å²) >= 11 is 0. The van der Waals surface area contributed by atoms with Crippen molar-refractivity contribution in [2.75, 3.05) is 0 Å². The molecule has 1 fully saturated rings. The molecular formula is C19H23NO. The van der Waals surface area contributed by atoms with Crippen molar-refractivity contribution in [3.63, 3.8) is 0 Å². The third-order valence-electron chi connectivity index (χ3n) is 4.14. The maximum absolute atomic E-state index is 6.47. The zero-order valence-electron chi connectivity index (χ0n) is 12.7. The Kier molecular flexibility index (Phi) is 3.98. The predicted octanol–water partition coefficient (Wildman–Crippen LogP) is 4.28. The monoisotopic (exact) mass is 281 g/mol. The van der Waals surface area contributed by atoms with E-state index in [0.29, 0.717) is 11.8 Å². The Morgan fingerprint density at radius 3 is 2.52 bits per heavy atom. The molecule has 0 amide bonds. The zero-order chi connectivity index (χ0) is 14.8. The first-order valence-corrected chi connectivity index (χ1v) is 7.72. The fraction of sp³-hybridized carbons (Fsp3) is 0.368. The zero-order valence-corrected chi connectivity index (χ0v) is 12.7. The topological polar surface area (TPSA) is 35.2 Å². The number of benzene rings is 2. The van der Waals surface area contributed by atoms with E-state index in [1.807, 2.05) is 26.0 Å². The van der Waals surface area contributed by atoms with E-state index in [1.54, 1.807) is 0 Å². The number of rotatable bonds is 5. The average molecular weight is 281 g/mol. The maximum Gasteiger partial charge on any atom is 0.120 e. The van der Waals surface area contributed by atoms with E-state index in [0.717, 1.165) is 5.75 Å². The second-order valence-corrected chi connectivity index (χ2v) is 6.18. The Balaban J connectivity index is 1.71. The molecule has 0 bridgehead atoms. The third-order valence-corrected chi connectivity index (χ3v) is 4.14. The van der Waals surface area contributed by atoms with Crippen molar-refractivity contribution < 1.29 is 4.74 Å². The van der Waals surface area contributed by atoms with Gasteiger partial charge in [-0.05, 0) is 55.4 Å². The minimum absolute atomic E-state index is 0.0888. The molecule has 0 spiro atoms. The van der Waals surface area contributed by atoms with Gasteiger partial charge in [0, 0.05) is 6.04 Å². The first kappa shape index (κ1) is 14.2. The maximum atomic E-state index is 6.47. The van der Waals surface area contributed by atoms with Crippen molar-refractivity contribution in [3.8, 4) is 5.75 Å². The lowest BCUT2D eigenvalue weighted by molar-refractivity contribution is 0.242. The van der Waals surface area contributed by atoms with E-state index in [9.17, 15) is 0 Å². The standard InChI is InChI=1S/C19H23NO/c1-13(2)21-16-10-6-9-15(11-16)19(20)18-12-17(18)14-7-4-3-5-8-14/h3-11,13,17-19H,12,20H2,1-2H3. The van der Waals surface area contributed by atoms with Crippen molar-refractivity contribution >= 4 is 0 Å². The molecule has 3 atom stereocenters. The lowest BCUT2D eigenvalue weighted by atomic mass is 9.99. The molecule has 1 saturated carbocycles. The van der Waals surface area contributed by atoms with E-state index in [1.165, 1.54) is 17.5 Å². The molecule has 2 aromatic carbocycles. The summed E-state index contributed by atoms with van der Waals surface area (Å²) in [5.41, 5.74) is 9.06. The van der Waals surface area contributed by atoms with Gasteiger partial charge in [-0.3, -0.25) is 0 Å². The molecule has 0 radical (unpaired) electrons. The van der Waals surface area contributed by atoms with Gasteiger partial charge in [-0.25, -0.2) is 0 Å². The smallest absolute Gasteiger partial charge is 0.120 e. The highest BCUT2D eigenvalue weighted by Crippen LogP contribution is 2.53. The Morgan fingerprint density at radius 1 is 1.05 bits per heavy atom. The van der Waals surface area contributed by atoms with Gasteiger partial charge in [-0.1, -0.05) is 42.5 Å². The fourth-order valence-electron chi connectivity index (χ4n) is 3.01. The molecule has 3 unspecified atom stereocenters. The average Bonchev–Trinajstić information content (AvgIpc) is 3.27. The van der Waals surface area contributed by atoms with Crippen LogP contribution >= 0.6 is 0 Å². The minimum atomic E-state index is 0.0888. The summed E-state index contributed by atoms with van der Waals surface area (Å²) in [6, 6.07) is 19.0. The first-order valence-electron chi connectivity index (χ1n) is 7.72. The molecule has 0 aliphatic heterocycles. The van der Waals surface area contributed by atoms with Gasteiger partial charge in [0.1, 0.15) is 5.75 Å². The Morgan fingerprint density at radius 2 is 1.81 bits per heavy atom. The van der Waals surface area contributed by atoms with Crippen LogP contribution in [0.4, 0.5) is 0 Å².